The SMILES string of the molecule is CC(=O)c1ccc2c(c1)CCN2Cc1nc(C)cs1. The van der Waals surface area contributed by atoms with Crippen LogP contribution in [0.4, 0.5) is 5.69 Å². The van der Waals surface area contributed by atoms with Crippen LogP contribution >= 0.6 is 11.3 Å². The van der Waals surface area contributed by atoms with Crippen molar-refractivity contribution in [3.8, 4) is 0 Å². The molecule has 19 heavy (non-hydrogen) atoms. The first kappa shape index (κ1) is 12.4. The van der Waals surface area contributed by atoms with Crippen LogP contribution in [0.25, 0.3) is 0 Å². The van der Waals surface area contributed by atoms with Crippen LogP contribution in [-0.4, -0.2) is 17.3 Å². The molecule has 0 aliphatic carbocycles. The minimum Gasteiger partial charge on any atom is -0.364 e. The number of nitrogens with zero attached hydrogens (tertiary/aromatic N) is 2. The predicted molar refractivity (Wildman–Crippen MR) is 78.1 cm³/mol. The van der Waals surface area contributed by atoms with Crippen molar-refractivity contribution in [3.63, 3.8) is 0 Å². The lowest BCUT2D eigenvalue weighted by Crippen LogP contribution is -2.19. The Morgan fingerprint density at radius 2 is 2.32 bits per heavy atom. The summed E-state index contributed by atoms with van der Waals surface area (Å²) >= 11 is 1.71. The van der Waals surface area contributed by atoms with Crippen molar-refractivity contribution in [2.45, 2.75) is 26.8 Å². The molecule has 1 aliphatic heterocycles. The predicted octanol–water partition coefficient (Wildman–Crippen LogP) is 3.22. The minimum absolute atomic E-state index is 0.136. The number of hydrogen-bond donors (Lipinski definition) is 0. The van der Waals surface area contributed by atoms with E-state index in [2.05, 4.69) is 21.3 Å². The Hall–Kier alpha value is -1.68. The summed E-state index contributed by atoms with van der Waals surface area (Å²) in [5.74, 6) is 0.136. The van der Waals surface area contributed by atoms with E-state index in [1.807, 2.05) is 19.1 Å². The van der Waals surface area contributed by atoms with E-state index >= 15 is 0 Å². The van der Waals surface area contributed by atoms with Crippen molar-refractivity contribution in [2.75, 3.05) is 11.4 Å². The Morgan fingerprint density at radius 1 is 1.47 bits per heavy atom. The van der Waals surface area contributed by atoms with E-state index < -0.39 is 0 Å². The molecular formula is C15H16N2OS. The number of anilines is 1. The van der Waals surface area contributed by atoms with Gasteiger partial charge in [0.05, 0.1) is 6.54 Å². The van der Waals surface area contributed by atoms with Gasteiger partial charge in [-0.15, -0.1) is 11.3 Å². The lowest BCUT2D eigenvalue weighted by Gasteiger charge is -2.17. The second-order valence-electron chi connectivity index (χ2n) is 4.95. The fourth-order valence-corrected chi connectivity index (χ4v) is 3.28. The highest BCUT2D eigenvalue weighted by atomic mass is 32.1. The number of aromatic nitrogens is 1. The van der Waals surface area contributed by atoms with E-state index in [1.165, 1.54) is 11.3 Å². The molecule has 3 nitrogen and oxygen atoms in total. The normalized spacial score (nSPS) is 13.7. The van der Waals surface area contributed by atoms with Gasteiger partial charge in [0.25, 0.3) is 0 Å². The molecule has 0 saturated heterocycles. The number of rotatable bonds is 3. The van der Waals surface area contributed by atoms with Crippen LogP contribution in [0.5, 0.6) is 0 Å². The molecule has 0 spiro atoms. The van der Waals surface area contributed by atoms with Gasteiger partial charge in [-0.2, -0.15) is 0 Å². The summed E-state index contributed by atoms with van der Waals surface area (Å²) in [6.07, 6.45) is 1.01. The Bertz CT molecular complexity index is 633. The summed E-state index contributed by atoms with van der Waals surface area (Å²) in [4.78, 5) is 18.3. The first-order valence-corrected chi connectivity index (χ1v) is 7.31. The summed E-state index contributed by atoms with van der Waals surface area (Å²) in [5.41, 5.74) is 4.43. The monoisotopic (exact) mass is 272 g/mol. The van der Waals surface area contributed by atoms with Crippen molar-refractivity contribution >= 4 is 22.8 Å². The molecule has 0 atom stereocenters. The van der Waals surface area contributed by atoms with Crippen LogP contribution < -0.4 is 4.90 Å². The molecule has 3 rings (SSSR count). The molecule has 0 unspecified atom stereocenters. The number of aryl methyl sites for hydroxylation is 1. The lowest BCUT2D eigenvalue weighted by atomic mass is 10.1. The fourth-order valence-electron chi connectivity index (χ4n) is 2.49. The van der Waals surface area contributed by atoms with E-state index in [4.69, 9.17) is 0 Å². The lowest BCUT2D eigenvalue weighted by molar-refractivity contribution is 0.101. The van der Waals surface area contributed by atoms with Gasteiger partial charge in [-0.05, 0) is 44.0 Å². The van der Waals surface area contributed by atoms with E-state index in [-0.39, 0.29) is 5.78 Å². The van der Waals surface area contributed by atoms with Crippen molar-refractivity contribution in [1.82, 2.24) is 4.98 Å². The highest BCUT2D eigenvalue weighted by molar-refractivity contribution is 7.09. The number of carbonyl (C=O) groups excluding carboxylic acids is 1. The largest absolute Gasteiger partial charge is 0.364 e. The first-order valence-electron chi connectivity index (χ1n) is 6.43. The smallest absolute Gasteiger partial charge is 0.159 e. The van der Waals surface area contributed by atoms with Crippen LogP contribution in [0.2, 0.25) is 0 Å². The molecule has 0 N–H and O–H groups in total. The van der Waals surface area contributed by atoms with Gasteiger partial charge in [0.15, 0.2) is 5.78 Å². The van der Waals surface area contributed by atoms with Crippen molar-refractivity contribution < 1.29 is 4.79 Å². The number of fused-ring (bicyclic) bond motifs is 1. The Balaban J connectivity index is 1.84. The van der Waals surface area contributed by atoms with Crippen LogP contribution in [0.1, 0.15) is 33.5 Å². The number of ketones is 1. The third-order valence-electron chi connectivity index (χ3n) is 3.47. The number of carbonyl (C=O) groups is 1. The van der Waals surface area contributed by atoms with Gasteiger partial charge in [0.1, 0.15) is 5.01 Å². The Morgan fingerprint density at radius 3 is 3.00 bits per heavy atom. The van der Waals surface area contributed by atoms with Gasteiger partial charge in [-0.25, -0.2) is 4.98 Å². The van der Waals surface area contributed by atoms with Crippen LogP contribution in [-0.2, 0) is 13.0 Å². The second-order valence-corrected chi connectivity index (χ2v) is 5.90. The van der Waals surface area contributed by atoms with Gasteiger partial charge < -0.3 is 4.90 Å². The van der Waals surface area contributed by atoms with E-state index in [9.17, 15) is 4.79 Å². The second kappa shape index (κ2) is 4.78. The molecule has 0 fully saturated rings. The van der Waals surface area contributed by atoms with Crippen molar-refractivity contribution in [1.29, 1.82) is 0 Å². The fraction of sp³-hybridized carbons (Fsp3) is 0.333. The minimum atomic E-state index is 0.136. The summed E-state index contributed by atoms with van der Waals surface area (Å²) < 4.78 is 0. The number of thiazole rings is 1. The zero-order valence-electron chi connectivity index (χ0n) is 11.1. The summed E-state index contributed by atoms with van der Waals surface area (Å²) in [7, 11) is 0. The quantitative estimate of drug-likeness (QED) is 0.804. The standard InChI is InChI=1S/C15H16N2OS/c1-10-9-19-15(16-10)8-17-6-5-13-7-12(11(2)18)3-4-14(13)17/h3-4,7,9H,5-6,8H2,1-2H3. The maximum absolute atomic E-state index is 11.4. The van der Waals surface area contributed by atoms with Crippen molar-refractivity contribution in [2.24, 2.45) is 0 Å². The molecule has 2 heterocycles. The van der Waals surface area contributed by atoms with Gasteiger partial charge in [0.2, 0.25) is 0 Å². The third-order valence-corrected chi connectivity index (χ3v) is 4.42. The molecule has 1 aromatic carbocycles. The molecular weight excluding hydrogens is 256 g/mol. The zero-order chi connectivity index (χ0) is 13.4. The number of Topliss-reactive ketones (excluding diaryl/α,β-unsaturated/α-hetero) is 1. The molecule has 0 saturated carbocycles. The summed E-state index contributed by atoms with van der Waals surface area (Å²) in [6.45, 7) is 5.52. The molecule has 1 aromatic heterocycles. The summed E-state index contributed by atoms with van der Waals surface area (Å²) in [6, 6.07) is 6.02. The summed E-state index contributed by atoms with van der Waals surface area (Å²) in [5, 5.41) is 3.24. The van der Waals surface area contributed by atoms with Gasteiger partial charge in [-0.3, -0.25) is 4.79 Å². The van der Waals surface area contributed by atoms with Gasteiger partial charge in [0, 0.05) is 28.9 Å². The van der Waals surface area contributed by atoms with E-state index in [0.717, 1.165) is 35.8 Å². The first-order chi connectivity index (χ1) is 9.13. The molecule has 1 aliphatic rings. The maximum Gasteiger partial charge on any atom is 0.159 e. The molecule has 0 radical (unpaired) electrons. The Kier molecular flexibility index (Phi) is 3.11. The van der Waals surface area contributed by atoms with Crippen LogP contribution in [0, 0.1) is 6.92 Å². The topological polar surface area (TPSA) is 33.2 Å². The average Bonchev–Trinajstić information content (AvgIpc) is 2.96. The van der Waals surface area contributed by atoms with Gasteiger partial charge in [-0.1, -0.05) is 0 Å². The van der Waals surface area contributed by atoms with Crippen LogP contribution in [0.15, 0.2) is 23.6 Å². The zero-order valence-corrected chi connectivity index (χ0v) is 12.0. The molecule has 0 amide bonds. The van der Waals surface area contributed by atoms with Crippen molar-refractivity contribution in [3.05, 3.63) is 45.4 Å². The molecule has 0 bridgehead atoms. The third kappa shape index (κ3) is 2.40. The molecule has 2 aromatic rings. The average molecular weight is 272 g/mol. The highest BCUT2D eigenvalue weighted by Gasteiger charge is 2.20. The number of hydrogen-bond acceptors (Lipinski definition) is 4. The van der Waals surface area contributed by atoms with E-state index in [1.54, 1.807) is 18.3 Å². The van der Waals surface area contributed by atoms with Gasteiger partial charge >= 0.3 is 0 Å². The highest BCUT2D eigenvalue weighted by Crippen LogP contribution is 2.30. The van der Waals surface area contributed by atoms with Crippen LogP contribution in [0.3, 0.4) is 0 Å². The number of benzene rings is 1. The van der Waals surface area contributed by atoms with E-state index in [0.29, 0.717) is 0 Å². The maximum atomic E-state index is 11.4. The Labute approximate surface area is 116 Å². The molecule has 4 heteroatoms. The molecule has 98 valence electrons.